The van der Waals surface area contributed by atoms with E-state index in [0.717, 1.165) is 12.1 Å². The third-order valence-corrected chi connectivity index (χ3v) is 3.99. The maximum atomic E-state index is 12.5. The van der Waals surface area contributed by atoms with Crippen molar-refractivity contribution in [1.29, 1.82) is 0 Å². The number of ether oxygens (including phenoxy) is 1. The van der Waals surface area contributed by atoms with E-state index in [1.165, 1.54) is 16.7 Å². The summed E-state index contributed by atoms with van der Waals surface area (Å²) in [5.41, 5.74) is 0.822. The van der Waals surface area contributed by atoms with Crippen LogP contribution in [-0.2, 0) is 28.7 Å². The average molecular weight is 379 g/mol. The minimum absolute atomic E-state index is 0.0887. The van der Waals surface area contributed by atoms with Crippen LogP contribution in [0.4, 0.5) is 13.2 Å². The number of fused-ring (bicyclic) bond motifs is 1. The molecule has 27 heavy (non-hydrogen) atoms. The van der Waals surface area contributed by atoms with E-state index in [9.17, 15) is 22.8 Å². The number of alkyl halides is 3. The summed E-state index contributed by atoms with van der Waals surface area (Å²) in [5, 5.41) is 0. The number of carbonyl (C=O) groups is 1. The van der Waals surface area contributed by atoms with Crippen molar-refractivity contribution in [3.63, 3.8) is 0 Å². The van der Waals surface area contributed by atoms with Crippen LogP contribution in [0.2, 0.25) is 0 Å². The van der Waals surface area contributed by atoms with Crippen LogP contribution < -0.4 is 5.76 Å². The van der Waals surface area contributed by atoms with Gasteiger partial charge in [0.2, 0.25) is 0 Å². The van der Waals surface area contributed by atoms with E-state index in [-0.39, 0.29) is 13.0 Å². The fourth-order valence-corrected chi connectivity index (χ4v) is 2.66. The standard InChI is InChI=1S/C19H16F3NO4/c20-19(21,22)14-8-6-13(7-9-14)12-17(24)26-11-3-10-23-15-4-1-2-5-16(15)27-18(23)25/h1-2,4-9H,3,10-12H2. The Balaban J connectivity index is 1.48. The molecule has 0 spiro atoms. The molecular formula is C19H16F3NO4. The van der Waals surface area contributed by atoms with E-state index in [1.54, 1.807) is 24.3 Å². The second-order valence-electron chi connectivity index (χ2n) is 5.93. The van der Waals surface area contributed by atoms with Gasteiger partial charge < -0.3 is 9.15 Å². The Hall–Kier alpha value is -3.03. The SMILES string of the molecule is O=C(Cc1ccc(C(F)(F)F)cc1)OCCCn1c(=O)oc2ccccc21. The average Bonchev–Trinajstić information content (AvgIpc) is 2.94. The smallest absolute Gasteiger partial charge is 0.419 e. The lowest BCUT2D eigenvalue weighted by molar-refractivity contribution is -0.143. The first kappa shape index (κ1) is 18.8. The van der Waals surface area contributed by atoms with Crippen molar-refractivity contribution >= 4 is 17.1 Å². The van der Waals surface area contributed by atoms with E-state index in [1.807, 2.05) is 0 Å². The van der Waals surface area contributed by atoms with Gasteiger partial charge >= 0.3 is 17.9 Å². The number of nitrogens with zero attached hydrogens (tertiary/aromatic N) is 1. The molecule has 3 rings (SSSR count). The molecule has 5 nitrogen and oxygen atoms in total. The molecule has 1 heterocycles. The summed E-state index contributed by atoms with van der Waals surface area (Å²) in [4.78, 5) is 23.6. The summed E-state index contributed by atoms with van der Waals surface area (Å²) in [5.74, 6) is -1.02. The molecule has 0 atom stereocenters. The summed E-state index contributed by atoms with van der Waals surface area (Å²) >= 11 is 0. The van der Waals surface area contributed by atoms with Gasteiger partial charge in [-0.1, -0.05) is 24.3 Å². The second-order valence-corrected chi connectivity index (χ2v) is 5.93. The summed E-state index contributed by atoms with van der Waals surface area (Å²) < 4.78 is 49.2. The minimum Gasteiger partial charge on any atom is -0.465 e. The molecular weight excluding hydrogens is 363 g/mol. The van der Waals surface area contributed by atoms with Gasteiger partial charge in [0.05, 0.1) is 24.1 Å². The third-order valence-electron chi connectivity index (χ3n) is 3.99. The fourth-order valence-electron chi connectivity index (χ4n) is 2.66. The summed E-state index contributed by atoms with van der Waals surface area (Å²) in [6, 6.07) is 11.4. The van der Waals surface area contributed by atoms with Crippen LogP contribution in [0.3, 0.4) is 0 Å². The Morgan fingerprint density at radius 3 is 2.48 bits per heavy atom. The predicted molar refractivity (Wildman–Crippen MR) is 91.2 cm³/mol. The molecule has 8 heteroatoms. The molecule has 0 radical (unpaired) electrons. The summed E-state index contributed by atoms with van der Waals surface area (Å²) in [6.07, 6.45) is -4.12. The number of aryl methyl sites for hydroxylation is 1. The van der Waals surface area contributed by atoms with Crippen LogP contribution >= 0.6 is 0 Å². The normalized spacial score (nSPS) is 11.7. The molecule has 0 aliphatic heterocycles. The van der Waals surface area contributed by atoms with Gasteiger partial charge in [0, 0.05) is 6.54 Å². The number of hydrogen-bond acceptors (Lipinski definition) is 4. The van der Waals surface area contributed by atoms with Gasteiger partial charge in [-0.3, -0.25) is 9.36 Å². The molecule has 3 aromatic rings. The molecule has 2 aromatic carbocycles. The van der Waals surface area contributed by atoms with E-state index in [4.69, 9.17) is 9.15 Å². The van der Waals surface area contributed by atoms with Crippen molar-refractivity contribution in [3.05, 3.63) is 70.2 Å². The lowest BCUT2D eigenvalue weighted by Crippen LogP contribution is -2.16. The van der Waals surface area contributed by atoms with Gasteiger partial charge in [-0.25, -0.2) is 4.79 Å². The van der Waals surface area contributed by atoms with Gasteiger partial charge in [0.1, 0.15) is 0 Å². The lowest BCUT2D eigenvalue weighted by Gasteiger charge is -2.08. The van der Waals surface area contributed by atoms with Gasteiger partial charge in [-0.05, 0) is 36.2 Å². The molecule has 142 valence electrons. The Labute approximate surface area is 152 Å². The Bertz CT molecular complexity index is 987. The Morgan fingerprint density at radius 1 is 1.07 bits per heavy atom. The first-order valence-corrected chi connectivity index (χ1v) is 8.25. The van der Waals surface area contributed by atoms with Crippen LogP contribution in [0.15, 0.2) is 57.7 Å². The molecule has 0 amide bonds. The number of hydrogen-bond donors (Lipinski definition) is 0. The third kappa shape index (κ3) is 4.58. The number of benzene rings is 2. The molecule has 0 aliphatic carbocycles. The van der Waals surface area contributed by atoms with Crippen molar-refractivity contribution in [2.75, 3.05) is 6.61 Å². The quantitative estimate of drug-likeness (QED) is 0.483. The fraction of sp³-hybridized carbons (Fsp3) is 0.263. The van der Waals surface area contributed by atoms with E-state index >= 15 is 0 Å². The van der Waals surface area contributed by atoms with Gasteiger partial charge in [-0.15, -0.1) is 0 Å². The van der Waals surface area contributed by atoms with Crippen molar-refractivity contribution in [3.8, 4) is 0 Å². The largest absolute Gasteiger partial charge is 0.465 e. The molecule has 0 bridgehead atoms. The predicted octanol–water partition coefficient (Wildman–Crippen LogP) is 3.79. The number of carbonyl (C=O) groups excluding carboxylic acids is 1. The molecule has 0 saturated heterocycles. The number of oxazole rings is 1. The highest BCUT2D eigenvalue weighted by Crippen LogP contribution is 2.29. The molecule has 0 N–H and O–H groups in total. The monoisotopic (exact) mass is 379 g/mol. The Kier molecular flexibility index (Phi) is 5.34. The first-order chi connectivity index (χ1) is 12.8. The van der Waals surface area contributed by atoms with Crippen LogP contribution in [0.25, 0.3) is 11.1 Å². The van der Waals surface area contributed by atoms with Crippen LogP contribution in [0.5, 0.6) is 0 Å². The highest BCUT2D eigenvalue weighted by molar-refractivity contribution is 5.73. The first-order valence-electron chi connectivity index (χ1n) is 8.25. The van der Waals surface area contributed by atoms with E-state index in [2.05, 4.69) is 0 Å². The van der Waals surface area contributed by atoms with E-state index in [0.29, 0.717) is 29.6 Å². The van der Waals surface area contributed by atoms with Crippen LogP contribution in [0.1, 0.15) is 17.5 Å². The van der Waals surface area contributed by atoms with Gasteiger partial charge in [0.25, 0.3) is 0 Å². The molecule has 0 fully saturated rings. The van der Waals surface area contributed by atoms with E-state index < -0.39 is 23.5 Å². The molecule has 1 aromatic heterocycles. The zero-order valence-electron chi connectivity index (χ0n) is 14.2. The number of rotatable bonds is 6. The van der Waals surface area contributed by atoms with Gasteiger partial charge in [-0.2, -0.15) is 13.2 Å². The Morgan fingerprint density at radius 2 is 1.78 bits per heavy atom. The summed E-state index contributed by atoms with van der Waals surface area (Å²) in [7, 11) is 0. The van der Waals surface area contributed by atoms with Crippen molar-refractivity contribution < 1.29 is 27.1 Å². The van der Waals surface area contributed by atoms with Crippen molar-refractivity contribution in [2.45, 2.75) is 25.6 Å². The number of esters is 1. The lowest BCUT2D eigenvalue weighted by atomic mass is 10.1. The molecule has 0 unspecified atom stereocenters. The minimum atomic E-state index is -4.41. The van der Waals surface area contributed by atoms with Gasteiger partial charge in [0.15, 0.2) is 5.58 Å². The van der Waals surface area contributed by atoms with Crippen LogP contribution in [0, 0.1) is 0 Å². The molecule has 0 aliphatic rings. The molecule has 0 saturated carbocycles. The maximum Gasteiger partial charge on any atom is 0.419 e. The summed E-state index contributed by atoms with van der Waals surface area (Å²) in [6.45, 7) is 0.412. The number of halogens is 3. The van der Waals surface area contributed by atoms with Crippen molar-refractivity contribution in [2.24, 2.45) is 0 Å². The number of para-hydroxylation sites is 2. The maximum absolute atomic E-state index is 12.5. The number of aromatic nitrogens is 1. The van der Waals surface area contributed by atoms with Crippen molar-refractivity contribution in [1.82, 2.24) is 4.57 Å². The zero-order valence-corrected chi connectivity index (χ0v) is 14.2. The highest BCUT2D eigenvalue weighted by Gasteiger charge is 2.29. The second kappa shape index (κ2) is 7.69. The van der Waals surface area contributed by atoms with Crippen LogP contribution in [-0.4, -0.2) is 17.1 Å². The highest BCUT2D eigenvalue weighted by atomic mass is 19.4. The zero-order chi connectivity index (χ0) is 19.4. The topological polar surface area (TPSA) is 61.4 Å².